The lowest BCUT2D eigenvalue weighted by Crippen LogP contribution is -2.65. The fourth-order valence-electron chi connectivity index (χ4n) is 2.54. The third kappa shape index (κ3) is 6.90. The predicted octanol–water partition coefficient (Wildman–Crippen LogP) is 2.25. The molecule has 0 N–H and O–H groups in total. The number of ether oxygens (including phenoxy) is 4. The summed E-state index contributed by atoms with van der Waals surface area (Å²) in [6, 6.07) is -1.23. The van der Waals surface area contributed by atoms with Crippen molar-refractivity contribution >= 4 is 24.1 Å². The van der Waals surface area contributed by atoms with Gasteiger partial charge in [0.15, 0.2) is 6.04 Å². The van der Waals surface area contributed by atoms with Crippen molar-refractivity contribution in [3.63, 3.8) is 0 Å². The maximum Gasteiger partial charge on any atom is 0.430 e. The number of hydrogen-bond acceptors (Lipinski definition) is 8. The van der Waals surface area contributed by atoms with Crippen molar-refractivity contribution in [2.75, 3.05) is 13.7 Å². The minimum Gasteiger partial charge on any atom is -0.467 e. The normalized spacial score (nSPS) is 20.3. The molecule has 1 saturated heterocycles. The van der Waals surface area contributed by atoms with Crippen molar-refractivity contribution in [1.82, 2.24) is 10.0 Å². The van der Waals surface area contributed by atoms with Crippen LogP contribution in [0.4, 0.5) is 9.59 Å². The molecular weight excluding hydrogens is 372 g/mol. The van der Waals surface area contributed by atoms with Crippen LogP contribution in [0.3, 0.4) is 0 Å². The summed E-state index contributed by atoms with van der Waals surface area (Å²) in [5.74, 6) is -1.36. The van der Waals surface area contributed by atoms with Gasteiger partial charge in [-0.15, -0.1) is 0 Å². The maximum absolute atomic E-state index is 12.8. The third-order valence-electron chi connectivity index (χ3n) is 3.41. The lowest BCUT2D eigenvalue weighted by Gasteiger charge is -2.44. The summed E-state index contributed by atoms with van der Waals surface area (Å²) in [7, 11) is 1.16. The van der Waals surface area contributed by atoms with Gasteiger partial charge in [-0.05, 0) is 41.5 Å². The Kier molecular flexibility index (Phi) is 7.27. The molecule has 1 aliphatic heterocycles. The lowest BCUT2D eigenvalue weighted by molar-refractivity contribution is -0.175. The summed E-state index contributed by atoms with van der Waals surface area (Å²) in [6.07, 6.45) is -2.68. The topological polar surface area (TPSA) is 112 Å². The Balaban J connectivity index is 3.32. The van der Waals surface area contributed by atoms with Gasteiger partial charge in [-0.3, -0.25) is 4.79 Å². The molecule has 2 atom stereocenters. The molecule has 10 nitrogen and oxygen atoms in total. The molecule has 10 heteroatoms. The van der Waals surface area contributed by atoms with Crippen LogP contribution in [0.15, 0.2) is 0 Å². The third-order valence-corrected chi connectivity index (χ3v) is 3.41. The van der Waals surface area contributed by atoms with Crippen LogP contribution in [0.5, 0.6) is 0 Å². The Labute approximate surface area is 165 Å². The van der Waals surface area contributed by atoms with Gasteiger partial charge in [0, 0.05) is 13.3 Å². The molecule has 0 bridgehead atoms. The van der Waals surface area contributed by atoms with E-state index in [0.29, 0.717) is 0 Å². The quantitative estimate of drug-likeness (QED) is 0.511. The highest BCUT2D eigenvalue weighted by atomic mass is 16.6. The van der Waals surface area contributed by atoms with Crippen LogP contribution in [0.2, 0.25) is 0 Å². The van der Waals surface area contributed by atoms with Crippen molar-refractivity contribution in [2.45, 2.75) is 78.2 Å². The predicted molar refractivity (Wildman–Crippen MR) is 97.0 cm³/mol. The first kappa shape index (κ1) is 23.5. The molecule has 2 amide bonds. The zero-order chi connectivity index (χ0) is 21.9. The molecule has 0 aliphatic carbocycles. The van der Waals surface area contributed by atoms with Gasteiger partial charge in [-0.1, -0.05) is 0 Å². The van der Waals surface area contributed by atoms with Crippen LogP contribution in [0.25, 0.3) is 0 Å². The van der Waals surface area contributed by atoms with Crippen molar-refractivity contribution in [2.24, 2.45) is 0 Å². The number of carbonyl (C=O) groups excluding carboxylic acids is 4. The van der Waals surface area contributed by atoms with Crippen LogP contribution in [-0.4, -0.2) is 71.1 Å². The Morgan fingerprint density at radius 1 is 0.893 bits per heavy atom. The molecular formula is C18H30N2O8. The summed E-state index contributed by atoms with van der Waals surface area (Å²) in [5.41, 5.74) is -1.73. The second-order valence-electron chi connectivity index (χ2n) is 8.39. The Bertz CT molecular complexity index is 620. The molecule has 28 heavy (non-hydrogen) atoms. The molecule has 0 radical (unpaired) electrons. The van der Waals surface area contributed by atoms with E-state index >= 15 is 0 Å². The van der Waals surface area contributed by atoms with Crippen molar-refractivity contribution in [3.05, 3.63) is 0 Å². The number of nitrogens with zero attached hydrogens (tertiary/aromatic N) is 2. The van der Waals surface area contributed by atoms with Crippen molar-refractivity contribution < 1.29 is 38.1 Å². The summed E-state index contributed by atoms with van der Waals surface area (Å²) >= 11 is 0. The number of hydrogen-bond donors (Lipinski definition) is 0. The molecule has 1 fully saturated rings. The second kappa shape index (κ2) is 8.66. The number of esters is 2. The molecule has 0 unspecified atom stereocenters. The molecule has 0 spiro atoms. The van der Waals surface area contributed by atoms with E-state index in [1.54, 1.807) is 41.5 Å². The number of amides is 2. The van der Waals surface area contributed by atoms with Crippen LogP contribution >= 0.6 is 0 Å². The average molecular weight is 402 g/mol. The minimum absolute atomic E-state index is 0.0508. The number of rotatable bonds is 2. The molecule has 0 aromatic carbocycles. The first-order chi connectivity index (χ1) is 12.6. The summed E-state index contributed by atoms with van der Waals surface area (Å²) < 4.78 is 20.7. The molecule has 0 saturated carbocycles. The van der Waals surface area contributed by atoms with E-state index in [4.69, 9.17) is 18.9 Å². The highest BCUT2D eigenvalue weighted by molar-refractivity contribution is 5.84. The van der Waals surface area contributed by atoms with Gasteiger partial charge in [0.1, 0.15) is 17.3 Å². The van der Waals surface area contributed by atoms with Gasteiger partial charge < -0.3 is 18.9 Å². The smallest absolute Gasteiger partial charge is 0.430 e. The Morgan fingerprint density at radius 2 is 1.39 bits per heavy atom. The van der Waals surface area contributed by atoms with E-state index in [0.717, 1.165) is 17.1 Å². The molecule has 0 aromatic heterocycles. The summed E-state index contributed by atoms with van der Waals surface area (Å²) in [5, 5.41) is 1.78. The SMILES string of the molecule is COC(=O)[C@@H]1C[C@H](OC(C)=O)CN(C(=O)OC(C)(C)C)N1C(=O)OC(C)(C)C. The highest BCUT2D eigenvalue weighted by Gasteiger charge is 2.47. The first-order valence-corrected chi connectivity index (χ1v) is 8.92. The zero-order valence-corrected chi connectivity index (χ0v) is 17.7. The zero-order valence-electron chi connectivity index (χ0n) is 17.7. The monoisotopic (exact) mass is 402 g/mol. The summed E-state index contributed by atoms with van der Waals surface area (Å²) in [4.78, 5) is 49.3. The van der Waals surface area contributed by atoms with Crippen LogP contribution in [0, 0.1) is 0 Å². The lowest BCUT2D eigenvalue weighted by atomic mass is 10.1. The van der Waals surface area contributed by atoms with Crippen molar-refractivity contribution in [3.8, 4) is 0 Å². The second-order valence-corrected chi connectivity index (χ2v) is 8.39. The fourth-order valence-corrected chi connectivity index (χ4v) is 2.54. The standard InChI is InChI=1S/C18H30N2O8/c1-11(21)26-12-9-13(14(22)25-8)20(16(24)28-18(5,6)7)19(10-12)15(23)27-17(2,3)4/h12-13H,9-10H2,1-8H3/t12-,13-/m0/s1. The Hall–Kier alpha value is -2.52. The minimum atomic E-state index is -1.23. The van der Waals surface area contributed by atoms with E-state index < -0.39 is 47.5 Å². The van der Waals surface area contributed by atoms with E-state index in [1.807, 2.05) is 0 Å². The van der Waals surface area contributed by atoms with Gasteiger partial charge in [0.2, 0.25) is 0 Å². The Morgan fingerprint density at radius 3 is 1.82 bits per heavy atom. The van der Waals surface area contributed by atoms with Crippen LogP contribution in [0.1, 0.15) is 54.9 Å². The van der Waals surface area contributed by atoms with Gasteiger partial charge in [0.25, 0.3) is 0 Å². The summed E-state index contributed by atoms with van der Waals surface area (Å²) in [6.45, 7) is 11.0. The van der Waals surface area contributed by atoms with E-state index in [2.05, 4.69) is 0 Å². The molecule has 0 aromatic rings. The van der Waals surface area contributed by atoms with E-state index in [-0.39, 0.29) is 13.0 Å². The molecule has 1 aliphatic rings. The van der Waals surface area contributed by atoms with Crippen molar-refractivity contribution in [1.29, 1.82) is 0 Å². The van der Waals surface area contributed by atoms with Crippen LogP contribution < -0.4 is 0 Å². The molecule has 1 heterocycles. The largest absolute Gasteiger partial charge is 0.467 e. The van der Waals surface area contributed by atoms with Gasteiger partial charge in [0.05, 0.1) is 13.7 Å². The van der Waals surface area contributed by atoms with E-state index in [9.17, 15) is 19.2 Å². The molecule has 1 rings (SSSR count). The fraction of sp³-hybridized carbons (Fsp3) is 0.778. The van der Waals surface area contributed by atoms with E-state index in [1.165, 1.54) is 6.92 Å². The average Bonchev–Trinajstić information content (AvgIpc) is 2.49. The number of methoxy groups -OCH3 is 1. The number of hydrazine groups is 1. The number of carbonyl (C=O) groups is 4. The van der Waals surface area contributed by atoms with Crippen LogP contribution in [-0.2, 0) is 28.5 Å². The first-order valence-electron chi connectivity index (χ1n) is 8.92. The molecule has 160 valence electrons. The van der Waals surface area contributed by atoms with Gasteiger partial charge >= 0.3 is 24.1 Å². The highest BCUT2D eigenvalue weighted by Crippen LogP contribution is 2.26. The van der Waals surface area contributed by atoms with Gasteiger partial charge in [-0.25, -0.2) is 19.4 Å². The maximum atomic E-state index is 12.8. The van der Waals surface area contributed by atoms with Gasteiger partial charge in [-0.2, -0.15) is 5.01 Å².